The summed E-state index contributed by atoms with van der Waals surface area (Å²) in [4.78, 5) is 2.31. The Hall–Kier alpha value is -7.50. The first kappa shape index (κ1) is 31.8. The van der Waals surface area contributed by atoms with Crippen LogP contribution >= 0.6 is 0 Å². The molecule has 10 aromatic rings. The molecule has 0 amide bonds. The van der Waals surface area contributed by atoms with Crippen molar-refractivity contribution in [2.24, 2.45) is 0 Å². The highest BCUT2D eigenvalue weighted by molar-refractivity contribution is 6.98. The molecule has 9 aromatic carbocycles. The van der Waals surface area contributed by atoms with Crippen molar-refractivity contribution in [3.05, 3.63) is 194 Å². The van der Waals surface area contributed by atoms with Crippen molar-refractivity contribution in [1.82, 2.24) is 0 Å². The lowest BCUT2D eigenvalue weighted by molar-refractivity contribution is 0.462. The Morgan fingerprint density at radius 3 is 1.53 bits per heavy atom. The molecule has 0 saturated carbocycles. The van der Waals surface area contributed by atoms with Gasteiger partial charge in [0, 0.05) is 39.1 Å². The third-order valence-corrected chi connectivity index (χ3v) is 11.6. The molecule has 0 spiro atoms. The Bertz CT molecular complexity index is 3130. The predicted octanol–water partition coefficient (Wildman–Crippen LogP) is 12.3. The number of rotatable bonds is 5. The van der Waals surface area contributed by atoms with Gasteiger partial charge in [0.1, 0.15) is 22.8 Å². The minimum Gasteiger partial charge on any atom is -0.458 e. The van der Waals surface area contributed by atoms with Gasteiger partial charge >= 0.3 is 0 Å². The van der Waals surface area contributed by atoms with E-state index in [9.17, 15) is 0 Å². The summed E-state index contributed by atoms with van der Waals surface area (Å²) in [5.41, 5.74) is 12.3. The second-order valence-electron chi connectivity index (χ2n) is 14.8. The fraction of sp³-hybridized carbons (Fsp3) is 0. The van der Waals surface area contributed by atoms with Crippen LogP contribution in [0.5, 0.6) is 23.0 Å². The maximum atomic E-state index is 7.08. The SMILES string of the molecule is c1ccc(-c2ccc3c(c2)Oc2cc4c(oc5cc(N(c6ccccc6)c6ccccc6)c6ccccc6c54)c4c2B3c2ccc(-c3ccccc3)cc2O4)cc1. The van der Waals surface area contributed by atoms with Gasteiger partial charge in [-0.15, -0.1) is 0 Å². The number of anilines is 3. The molecule has 0 N–H and O–H groups in total. The third-order valence-electron chi connectivity index (χ3n) is 11.6. The van der Waals surface area contributed by atoms with Crippen LogP contribution in [0.4, 0.5) is 17.1 Å². The number of benzene rings is 9. The van der Waals surface area contributed by atoms with E-state index in [1.807, 2.05) is 12.1 Å². The fourth-order valence-corrected chi connectivity index (χ4v) is 8.99. The lowest BCUT2D eigenvalue weighted by atomic mass is 9.34. The molecule has 0 saturated heterocycles. The zero-order valence-electron chi connectivity index (χ0n) is 30.7. The van der Waals surface area contributed by atoms with E-state index in [1.54, 1.807) is 0 Å². The number of fused-ring (bicyclic) bond motifs is 10. The Morgan fingerprint density at radius 2 is 0.930 bits per heavy atom. The molecule has 12 rings (SSSR count). The molecule has 0 unspecified atom stereocenters. The van der Waals surface area contributed by atoms with Gasteiger partial charge in [0.15, 0.2) is 11.3 Å². The molecule has 0 bridgehead atoms. The van der Waals surface area contributed by atoms with E-state index in [-0.39, 0.29) is 6.71 Å². The molecule has 3 heterocycles. The zero-order valence-corrected chi connectivity index (χ0v) is 30.7. The normalized spacial score (nSPS) is 12.5. The number of nitrogens with zero attached hydrogens (tertiary/aromatic N) is 1. The Balaban J connectivity index is 1.13. The van der Waals surface area contributed by atoms with E-state index in [2.05, 4.69) is 187 Å². The second kappa shape index (κ2) is 12.5. The molecule has 266 valence electrons. The van der Waals surface area contributed by atoms with Crippen LogP contribution < -0.4 is 30.8 Å². The second-order valence-corrected chi connectivity index (χ2v) is 14.8. The van der Waals surface area contributed by atoms with Crippen LogP contribution in [0, 0.1) is 0 Å². The van der Waals surface area contributed by atoms with Crippen molar-refractivity contribution in [3.63, 3.8) is 0 Å². The summed E-state index contributed by atoms with van der Waals surface area (Å²) in [7, 11) is 0. The molecule has 0 atom stereocenters. The number of furan rings is 1. The lowest BCUT2D eigenvalue weighted by Gasteiger charge is -2.33. The highest BCUT2D eigenvalue weighted by atomic mass is 16.5. The van der Waals surface area contributed by atoms with E-state index in [0.29, 0.717) is 11.3 Å². The predicted molar refractivity (Wildman–Crippen MR) is 234 cm³/mol. The molecular formula is C52H32BNO3. The van der Waals surface area contributed by atoms with Crippen molar-refractivity contribution >= 4 is 72.9 Å². The van der Waals surface area contributed by atoms with Crippen LogP contribution in [-0.4, -0.2) is 6.71 Å². The van der Waals surface area contributed by atoms with Crippen molar-refractivity contribution in [3.8, 4) is 45.3 Å². The van der Waals surface area contributed by atoms with Gasteiger partial charge in [-0.25, -0.2) is 0 Å². The third kappa shape index (κ3) is 4.95. The maximum absolute atomic E-state index is 7.08. The molecule has 1 aromatic heterocycles. The monoisotopic (exact) mass is 729 g/mol. The van der Waals surface area contributed by atoms with Gasteiger partial charge in [0.05, 0.1) is 5.69 Å². The Morgan fingerprint density at radius 1 is 0.404 bits per heavy atom. The summed E-state index contributed by atoms with van der Waals surface area (Å²) in [6.45, 7) is -0.117. The average Bonchev–Trinajstić information content (AvgIpc) is 3.66. The molecular weight excluding hydrogens is 697 g/mol. The first-order valence-corrected chi connectivity index (χ1v) is 19.4. The smallest absolute Gasteiger partial charge is 0.260 e. The standard InChI is InChI=1S/C52H32BNO3/c1-5-15-33(16-6-1)35-25-27-42-45(29-35)55-48-31-41-49-40-24-14-13-23-39(40)44(54(37-19-9-3-10-20-37)38-21-11-4-12-22-38)32-47(49)57-51(41)52-50(48)53(42)43-28-26-36(30-46(43)56-52)34-17-7-2-8-18-34/h1-32H. The largest absolute Gasteiger partial charge is 0.458 e. The van der Waals surface area contributed by atoms with Crippen molar-refractivity contribution < 1.29 is 13.9 Å². The van der Waals surface area contributed by atoms with E-state index >= 15 is 0 Å². The van der Waals surface area contributed by atoms with Crippen LogP contribution in [-0.2, 0) is 0 Å². The number of hydrogen-bond acceptors (Lipinski definition) is 4. The van der Waals surface area contributed by atoms with Crippen molar-refractivity contribution in [1.29, 1.82) is 0 Å². The van der Waals surface area contributed by atoms with Gasteiger partial charge in [-0.3, -0.25) is 0 Å². The van der Waals surface area contributed by atoms with Crippen LogP contribution in [0.15, 0.2) is 199 Å². The lowest BCUT2D eigenvalue weighted by Crippen LogP contribution is -2.57. The number of hydrogen-bond donors (Lipinski definition) is 0. The van der Waals surface area contributed by atoms with Gasteiger partial charge in [-0.05, 0) is 81.0 Å². The van der Waals surface area contributed by atoms with Crippen molar-refractivity contribution in [2.75, 3.05) is 4.90 Å². The Kier molecular flexibility index (Phi) is 6.99. The van der Waals surface area contributed by atoms with E-state index in [4.69, 9.17) is 13.9 Å². The number of para-hydroxylation sites is 2. The zero-order chi connectivity index (χ0) is 37.5. The highest BCUT2D eigenvalue weighted by Crippen LogP contribution is 2.49. The summed E-state index contributed by atoms with van der Waals surface area (Å²) in [5.74, 6) is 3.15. The summed E-state index contributed by atoms with van der Waals surface area (Å²) >= 11 is 0. The quantitative estimate of drug-likeness (QED) is 0.165. The van der Waals surface area contributed by atoms with Gasteiger partial charge in [-0.1, -0.05) is 146 Å². The van der Waals surface area contributed by atoms with Gasteiger partial charge in [0.2, 0.25) is 0 Å². The highest BCUT2D eigenvalue weighted by Gasteiger charge is 2.42. The summed E-state index contributed by atoms with van der Waals surface area (Å²) in [5, 5.41) is 4.19. The van der Waals surface area contributed by atoms with Crippen molar-refractivity contribution in [2.45, 2.75) is 0 Å². The van der Waals surface area contributed by atoms with Gasteiger partial charge in [0.25, 0.3) is 6.71 Å². The number of ether oxygens (including phenoxy) is 2. The van der Waals surface area contributed by atoms with Crippen LogP contribution in [0.3, 0.4) is 0 Å². The summed E-state index contributed by atoms with van der Waals surface area (Å²) in [6.07, 6.45) is 0. The summed E-state index contributed by atoms with van der Waals surface area (Å²) in [6, 6.07) is 68.2. The molecule has 0 aliphatic carbocycles. The minimum atomic E-state index is -0.117. The van der Waals surface area contributed by atoms with Crippen LogP contribution in [0.1, 0.15) is 0 Å². The topological polar surface area (TPSA) is 34.8 Å². The Labute approximate surface area is 329 Å². The maximum Gasteiger partial charge on any atom is 0.260 e. The average molecular weight is 730 g/mol. The van der Waals surface area contributed by atoms with Gasteiger partial charge in [-0.2, -0.15) is 0 Å². The molecule has 2 aliphatic heterocycles. The van der Waals surface area contributed by atoms with E-state index < -0.39 is 0 Å². The van der Waals surface area contributed by atoms with E-state index in [0.717, 1.165) is 100 Å². The molecule has 4 nitrogen and oxygen atoms in total. The van der Waals surface area contributed by atoms with E-state index in [1.165, 1.54) is 0 Å². The van der Waals surface area contributed by atoms with Crippen LogP contribution in [0.25, 0.3) is 55.0 Å². The molecule has 0 radical (unpaired) electrons. The first-order chi connectivity index (χ1) is 28.3. The molecule has 0 fully saturated rings. The minimum absolute atomic E-state index is 0.117. The van der Waals surface area contributed by atoms with Gasteiger partial charge < -0.3 is 18.8 Å². The molecule has 57 heavy (non-hydrogen) atoms. The van der Waals surface area contributed by atoms with Crippen LogP contribution in [0.2, 0.25) is 0 Å². The molecule has 5 heteroatoms. The fourth-order valence-electron chi connectivity index (χ4n) is 8.99. The summed E-state index contributed by atoms with van der Waals surface area (Å²) < 4.78 is 21.1. The first-order valence-electron chi connectivity index (χ1n) is 19.4. The molecule has 2 aliphatic rings.